The van der Waals surface area contributed by atoms with E-state index in [1.165, 1.54) is 10.2 Å². The SMILES string of the molecule is CS(=O)(=O)n1ccc2ccc(Nc3cc(NC4CC4)c4ncc(N)n4n3)cc21. The van der Waals surface area contributed by atoms with E-state index < -0.39 is 10.0 Å². The molecule has 1 saturated carbocycles. The molecule has 144 valence electrons. The molecule has 1 fully saturated rings. The largest absolute Gasteiger partial charge is 0.382 e. The Balaban J connectivity index is 1.56. The number of nitrogens with two attached hydrogens (primary N) is 1. The molecule has 4 aromatic rings. The van der Waals surface area contributed by atoms with Gasteiger partial charge in [0.1, 0.15) is 5.82 Å². The fourth-order valence-electron chi connectivity index (χ4n) is 3.22. The number of nitrogens with zero attached hydrogens (tertiary/aromatic N) is 4. The molecular weight excluding hydrogens is 378 g/mol. The first-order valence-electron chi connectivity index (χ1n) is 8.88. The van der Waals surface area contributed by atoms with Crippen LogP contribution >= 0.6 is 0 Å². The predicted molar refractivity (Wildman–Crippen MR) is 110 cm³/mol. The third-order valence-corrected chi connectivity index (χ3v) is 5.75. The molecule has 0 radical (unpaired) electrons. The Bertz CT molecular complexity index is 1320. The maximum absolute atomic E-state index is 12.0. The first kappa shape index (κ1) is 16.9. The minimum Gasteiger partial charge on any atom is -0.382 e. The lowest BCUT2D eigenvalue weighted by atomic mass is 10.2. The monoisotopic (exact) mass is 397 g/mol. The minimum absolute atomic E-state index is 0.443. The zero-order valence-electron chi connectivity index (χ0n) is 15.1. The summed E-state index contributed by atoms with van der Waals surface area (Å²) in [5.74, 6) is 1.02. The molecule has 10 heteroatoms. The Kier molecular flexibility index (Phi) is 3.53. The molecule has 0 saturated heterocycles. The zero-order valence-corrected chi connectivity index (χ0v) is 15.9. The molecule has 0 aliphatic heterocycles. The van der Waals surface area contributed by atoms with Gasteiger partial charge < -0.3 is 16.4 Å². The van der Waals surface area contributed by atoms with Gasteiger partial charge in [0.05, 0.1) is 23.7 Å². The topological polar surface area (TPSA) is 119 Å². The van der Waals surface area contributed by atoms with Crippen LogP contribution in [0.15, 0.2) is 42.7 Å². The van der Waals surface area contributed by atoms with E-state index in [1.54, 1.807) is 29.0 Å². The summed E-state index contributed by atoms with van der Waals surface area (Å²) in [6.45, 7) is 0. The number of nitrogens with one attached hydrogen (secondary N) is 2. The van der Waals surface area contributed by atoms with E-state index >= 15 is 0 Å². The molecule has 28 heavy (non-hydrogen) atoms. The van der Waals surface area contributed by atoms with Gasteiger partial charge in [-0.1, -0.05) is 6.07 Å². The molecule has 5 rings (SSSR count). The molecule has 0 atom stereocenters. The summed E-state index contributed by atoms with van der Waals surface area (Å²) in [5.41, 5.74) is 8.86. The molecule has 1 aliphatic rings. The van der Waals surface area contributed by atoms with Gasteiger partial charge >= 0.3 is 0 Å². The normalized spacial score (nSPS) is 14.6. The van der Waals surface area contributed by atoms with Gasteiger partial charge in [-0.15, -0.1) is 5.10 Å². The van der Waals surface area contributed by atoms with E-state index in [0.717, 1.165) is 29.6 Å². The standard InChI is InChI=1S/C18H19N7O2S/c1-28(26,27)24-7-6-11-2-3-13(8-15(11)24)22-17-9-14(21-12-4-5-12)18-20-10-16(19)25(18)23-17/h2-3,6-10,12,21H,4-5,19H2,1H3,(H,22,23). The van der Waals surface area contributed by atoms with Crippen molar-refractivity contribution < 1.29 is 8.42 Å². The molecule has 0 spiro atoms. The second kappa shape index (κ2) is 5.86. The molecule has 0 bridgehead atoms. The number of hydrogen-bond donors (Lipinski definition) is 3. The van der Waals surface area contributed by atoms with E-state index in [-0.39, 0.29) is 0 Å². The second-order valence-electron chi connectivity index (χ2n) is 7.05. The van der Waals surface area contributed by atoms with Crippen LogP contribution in [-0.4, -0.2) is 39.3 Å². The van der Waals surface area contributed by atoms with Crippen LogP contribution in [0.2, 0.25) is 0 Å². The van der Waals surface area contributed by atoms with Gasteiger partial charge in [-0.05, 0) is 31.0 Å². The average Bonchev–Trinajstić information content (AvgIpc) is 3.21. The van der Waals surface area contributed by atoms with Crippen LogP contribution in [0, 0.1) is 0 Å². The lowest BCUT2D eigenvalue weighted by Gasteiger charge is -2.12. The Labute approximate surface area is 161 Å². The molecule has 1 aliphatic carbocycles. The van der Waals surface area contributed by atoms with Crippen LogP contribution in [0.1, 0.15) is 12.8 Å². The molecular formula is C18H19N7O2S. The Morgan fingerprint density at radius 1 is 1.21 bits per heavy atom. The highest BCUT2D eigenvalue weighted by Gasteiger charge is 2.23. The third-order valence-electron chi connectivity index (χ3n) is 4.72. The lowest BCUT2D eigenvalue weighted by Crippen LogP contribution is -2.09. The maximum atomic E-state index is 12.0. The molecule has 4 N–H and O–H groups in total. The number of rotatable bonds is 5. The van der Waals surface area contributed by atoms with Gasteiger partial charge in [-0.25, -0.2) is 17.4 Å². The summed E-state index contributed by atoms with van der Waals surface area (Å²) in [4.78, 5) is 4.33. The summed E-state index contributed by atoms with van der Waals surface area (Å²) in [7, 11) is -3.38. The van der Waals surface area contributed by atoms with Crippen LogP contribution < -0.4 is 16.4 Å². The predicted octanol–water partition coefficient (Wildman–Crippen LogP) is 2.39. The summed E-state index contributed by atoms with van der Waals surface area (Å²) in [5, 5.41) is 12.0. The van der Waals surface area contributed by atoms with Crippen molar-refractivity contribution in [2.24, 2.45) is 0 Å². The summed E-state index contributed by atoms with van der Waals surface area (Å²) in [6.07, 6.45) is 6.58. The van der Waals surface area contributed by atoms with E-state index in [1.807, 2.05) is 18.2 Å². The summed E-state index contributed by atoms with van der Waals surface area (Å²) < 4.78 is 26.8. The van der Waals surface area contributed by atoms with E-state index in [4.69, 9.17) is 5.73 Å². The second-order valence-corrected chi connectivity index (χ2v) is 8.91. The molecule has 0 amide bonds. The Hall–Kier alpha value is -3.27. The lowest BCUT2D eigenvalue weighted by molar-refractivity contribution is 0.595. The average molecular weight is 397 g/mol. The van der Waals surface area contributed by atoms with E-state index in [2.05, 4.69) is 20.7 Å². The maximum Gasteiger partial charge on any atom is 0.236 e. The number of nitrogen functional groups attached to an aromatic ring is 1. The summed E-state index contributed by atoms with van der Waals surface area (Å²) >= 11 is 0. The molecule has 3 aromatic heterocycles. The zero-order chi connectivity index (χ0) is 19.5. The van der Waals surface area contributed by atoms with Gasteiger partial charge in [-0.2, -0.15) is 4.52 Å². The quantitative estimate of drug-likeness (QED) is 0.473. The third kappa shape index (κ3) is 2.91. The van der Waals surface area contributed by atoms with Gasteiger partial charge in [0.15, 0.2) is 11.5 Å². The van der Waals surface area contributed by atoms with Crippen LogP contribution in [0.4, 0.5) is 23.0 Å². The fraction of sp³-hybridized carbons (Fsp3) is 0.222. The van der Waals surface area contributed by atoms with Gasteiger partial charge in [-0.3, -0.25) is 0 Å². The molecule has 3 heterocycles. The summed E-state index contributed by atoms with van der Waals surface area (Å²) in [6, 6.07) is 9.65. The Morgan fingerprint density at radius 2 is 2.04 bits per heavy atom. The first-order valence-corrected chi connectivity index (χ1v) is 10.7. The number of anilines is 4. The molecule has 0 unspecified atom stereocenters. The number of fused-ring (bicyclic) bond motifs is 2. The number of benzene rings is 1. The van der Waals surface area contributed by atoms with Crippen molar-refractivity contribution in [3.05, 3.63) is 42.7 Å². The Morgan fingerprint density at radius 3 is 2.79 bits per heavy atom. The van der Waals surface area contributed by atoms with Crippen molar-refractivity contribution in [3.63, 3.8) is 0 Å². The number of aromatic nitrogens is 4. The van der Waals surface area contributed by atoms with Crippen molar-refractivity contribution in [1.29, 1.82) is 0 Å². The van der Waals surface area contributed by atoms with Gasteiger partial charge in [0.2, 0.25) is 10.0 Å². The van der Waals surface area contributed by atoms with Crippen molar-refractivity contribution >= 4 is 49.6 Å². The van der Waals surface area contributed by atoms with Crippen molar-refractivity contribution in [2.75, 3.05) is 22.6 Å². The fourth-order valence-corrected chi connectivity index (χ4v) is 4.02. The van der Waals surface area contributed by atoms with Crippen LogP contribution in [-0.2, 0) is 10.0 Å². The van der Waals surface area contributed by atoms with Crippen molar-refractivity contribution in [3.8, 4) is 0 Å². The molecule has 9 nitrogen and oxygen atoms in total. The van der Waals surface area contributed by atoms with Crippen molar-refractivity contribution in [2.45, 2.75) is 18.9 Å². The van der Waals surface area contributed by atoms with Gasteiger partial charge in [0, 0.05) is 29.4 Å². The highest BCUT2D eigenvalue weighted by atomic mass is 32.2. The van der Waals surface area contributed by atoms with Crippen molar-refractivity contribution in [1.82, 2.24) is 18.6 Å². The molecule has 1 aromatic carbocycles. The van der Waals surface area contributed by atoms with Crippen LogP contribution in [0.25, 0.3) is 16.6 Å². The first-order chi connectivity index (χ1) is 13.4. The highest BCUT2D eigenvalue weighted by Crippen LogP contribution is 2.30. The van der Waals surface area contributed by atoms with Crippen LogP contribution in [0.3, 0.4) is 0 Å². The van der Waals surface area contributed by atoms with E-state index in [0.29, 0.717) is 28.8 Å². The van der Waals surface area contributed by atoms with Crippen LogP contribution in [0.5, 0.6) is 0 Å². The highest BCUT2D eigenvalue weighted by molar-refractivity contribution is 7.89. The number of imidazole rings is 1. The minimum atomic E-state index is -3.38. The smallest absolute Gasteiger partial charge is 0.236 e. The van der Waals surface area contributed by atoms with E-state index in [9.17, 15) is 8.42 Å². The van der Waals surface area contributed by atoms with Gasteiger partial charge in [0.25, 0.3) is 0 Å². The number of hydrogen-bond acceptors (Lipinski definition) is 7.